The normalized spacial score (nSPS) is 11.3. The van der Waals surface area contributed by atoms with E-state index in [9.17, 15) is 8.78 Å². The summed E-state index contributed by atoms with van der Waals surface area (Å²) in [6.45, 7) is 4.95. The molecule has 3 aromatic rings. The van der Waals surface area contributed by atoms with Crippen molar-refractivity contribution in [3.8, 4) is 11.5 Å². The van der Waals surface area contributed by atoms with Crippen LogP contribution in [0, 0.1) is 11.6 Å². The lowest BCUT2D eigenvalue weighted by atomic mass is 10.1. The molecule has 0 N–H and O–H groups in total. The highest BCUT2D eigenvalue weighted by Gasteiger charge is 2.18. The minimum absolute atomic E-state index is 0.218. The summed E-state index contributed by atoms with van der Waals surface area (Å²) in [6.07, 6.45) is 2.66. The Kier molecular flexibility index (Phi) is 5.19. The lowest BCUT2D eigenvalue weighted by Crippen LogP contribution is -1.98. The molecule has 3 rings (SSSR count). The molecular formula is C19H20F2O2S. The van der Waals surface area contributed by atoms with E-state index in [1.165, 1.54) is 0 Å². The Balaban J connectivity index is 2.06. The first-order valence-electron chi connectivity index (χ1n) is 8.26. The van der Waals surface area contributed by atoms with E-state index >= 15 is 0 Å². The zero-order valence-electron chi connectivity index (χ0n) is 13.8. The molecule has 1 heterocycles. The molecule has 0 aliphatic rings. The van der Waals surface area contributed by atoms with Crippen molar-refractivity contribution in [2.24, 2.45) is 0 Å². The van der Waals surface area contributed by atoms with Crippen LogP contribution in [0.1, 0.15) is 33.1 Å². The highest BCUT2D eigenvalue weighted by Crippen LogP contribution is 2.41. The van der Waals surface area contributed by atoms with Gasteiger partial charge < -0.3 is 9.47 Å². The molecule has 0 radical (unpaired) electrons. The molecule has 0 aliphatic heterocycles. The molecule has 0 spiro atoms. The summed E-state index contributed by atoms with van der Waals surface area (Å²) >= 11 is 1.11. The Morgan fingerprint density at radius 3 is 1.83 bits per heavy atom. The van der Waals surface area contributed by atoms with Crippen molar-refractivity contribution in [3.63, 3.8) is 0 Å². The zero-order valence-corrected chi connectivity index (χ0v) is 14.6. The van der Waals surface area contributed by atoms with Gasteiger partial charge in [0.15, 0.2) is 23.1 Å². The number of halogens is 2. The van der Waals surface area contributed by atoms with Crippen LogP contribution in [-0.4, -0.2) is 13.2 Å². The predicted molar refractivity (Wildman–Crippen MR) is 95.4 cm³/mol. The van der Waals surface area contributed by atoms with Gasteiger partial charge in [0.25, 0.3) is 0 Å². The van der Waals surface area contributed by atoms with E-state index in [1.54, 1.807) is 24.3 Å². The maximum atomic E-state index is 14.7. The first-order valence-corrected chi connectivity index (χ1v) is 9.07. The first kappa shape index (κ1) is 17.0. The van der Waals surface area contributed by atoms with E-state index in [1.807, 2.05) is 6.92 Å². The topological polar surface area (TPSA) is 18.5 Å². The number of ether oxygens (including phenoxy) is 2. The first-order chi connectivity index (χ1) is 11.7. The van der Waals surface area contributed by atoms with Crippen molar-refractivity contribution in [2.45, 2.75) is 33.1 Å². The van der Waals surface area contributed by atoms with E-state index in [0.29, 0.717) is 33.4 Å². The van der Waals surface area contributed by atoms with Crippen molar-refractivity contribution in [1.29, 1.82) is 0 Å². The van der Waals surface area contributed by atoms with Gasteiger partial charge in [0, 0.05) is 10.8 Å². The van der Waals surface area contributed by atoms with Gasteiger partial charge in [-0.1, -0.05) is 20.3 Å². The van der Waals surface area contributed by atoms with Crippen LogP contribution >= 0.6 is 11.3 Å². The van der Waals surface area contributed by atoms with Crippen molar-refractivity contribution in [2.75, 3.05) is 13.2 Å². The van der Waals surface area contributed by atoms with Crippen LogP contribution in [-0.2, 0) is 0 Å². The Labute approximate surface area is 144 Å². The summed E-state index contributed by atoms with van der Waals surface area (Å²) in [5, 5.41) is 1.41. The molecule has 24 heavy (non-hydrogen) atoms. The number of unbranched alkanes of at least 4 members (excludes halogenated alkanes) is 1. The van der Waals surface area contributed by atoms with Crippen LogP contribution in [0.15, 0.2) is 24.3 Å². The van der Waals surface area contributed by atoms with Gasteiger partial charge in [0.05, 0.1) is 22.6 Å². The van der Waals surface area contributed by atoms with E-state index < -0.39 is 11.6 Å². The van der Waals surface area contributed by atoms with E-state index in [4.69, 9.17) is 9.47 Å². The summed E-state index contributed by atoms with van der Waals surface area (Å²) in [4.78, 5) is 0. The molecule has 0 aliphatic carbocycles. The fourth-order valence-electron chi connectivity index (χ4n) is 2.56. The third-order valence-electron chi connectivity index (χ3n) is 3.83. The molecule has 2 aromatic carbocycles. The molecule has 0 saturated carbocycles. The molecule has 0 bridgehead atoms. The lowest BCUT2D eigenvalue weighted by Gasteiger charge is -2.07. The predicted octanol–water partition coefficient (Wildman–Crippen LogP) is 6.30. The van der Waals surface area contributed by atoms with Crippen LogP contribution < -0.4 is 9.47 Å². The number of hydrogen-bond donors (Lipinski definition) is 0. The van der Waals surface area contributed by atoms with Crippen molar-refractivity contribution in [3.05, 3.63) is 35.9 Å². The Bertz CT molecular complexity index is 858. The number of fused-ring (bicyclic) bond motifs is 3. The van der Waals surface area contributed by atoms with Crippen molar-refractivity contribution >= 4 is 31.5 Å². The third-order valence-corrected chi connectivity index (χ3v) is 5.04. The molecule has 2 nitrogen and oxygen atoms in total. The monoisotopic (exact) mass is 350 g/mol. The second-order valence-corrected chi connectivity index (χ2v) is 6.68. The maximum Gasteiger partial charge on any atom is 0.182 e. The van der Waals surface area contributed by atoms with Gasteiger partial charge in [-0.15, -0.1) is 11.3 Å². The largest absolute Gasteiger partial charge is 0.490 e. The van der Waals surface area contributed by atoms with Crippen LogP contribution in [0.5, 0.6) is 11.5 Å². The van der Waals surface area contributed by atoms with Crippen LogP contribution in [0.2, 0.25) is 0 Å². The quantitative estimate of drug-likeness (QED) is 0.466. The molecule has 0 fully saturated rings. The summed E-state index contributed by atoms with van der Waals surface area (Å²) in [6, 6.07) is 6.83. The Hall–Kier alpha value is -1.88. The van der Waals surface area contributed by atoms with Crippen LogP contribution in [0.4, 0.5) is 8.78 Å². The second-order valence-electron chi connectivity index (χ2n) is 5.66. The summed E-state index contributed by atoms with van der Waals surface area (Å²) in [5.74, 6) is -0.392. The molecular weight excluding hydrogens is 330 g/mol. The van der Waals surface area contributed by atoms with Crippen molar-refractivity contribution in [1.82, 2.24) is 0 Å². The minimum Gasteiger partial charge on any atom is -0.490 e. The van der Waals surface area contributed by atoms with Gasteiger partial charge in [0.1, 0.15) is 0 Å². The highest BCUT2D eigenvalue weighted by atomic mass is 32.1. The molecule has 0 saturated heterocycles. The number of benzene rings is 2. The molecule has 0 unspecified atom stereocenters. The van der Waals surface area contributed by atoms with Crippen molar-refractivity contribution < 1.29 is 18.3 Å². The van der Waals surface area contributed by atoms with E-state index in [-0.39, 0.29) is 11.5 Å². The number of thiophene rings is 1. The van der Waals surface area contributed by atoms with Gasteiger partial charge in [-0.2, -0.15) is 0 Å². The zero-order chi connectivity index (χ0) is 17.1. The van der Waals surface area contributed by atoms with Crippen LogP contribution in [0.25, 0.3) is 20.2 Å². The number of hydrogen-bond acceptors (Lipinski definition) is 3. The average molecular weight is 350 g/mol. The highest BCUT2D eigenvalue weighted by molar-refractivity contribution is 7.25. The number of rotatable bonds is 7. The SMILES string of the molecule is CCCCOc1ccc2c(sc3c(F)c(OCCC)ccc32)c1F. The third kappa shape index (κ3) is 3.05. The Morgan fingerprint density at radius 1 is 0.792 bits per heavy atom. The second kappa shape index (κ2) is 7.34. The van der Waals surface area contributed by atoms with Gasteiger partial charge >= 0.3 is 0 Å². The van der Waals surface area contributed by atoms with Gasteiger partial charge in [-0.3, -0.25) is 0 Å². The molecule has 128 valence electrons. The molecule has 5 heteroatoms. The Morgan fingerprint density at radius 2 is 1.33 bits per heavy atom. The summed E-state index contributed by atoms with van der Waals surface area (Å²) in [5.41, 5.74) is 0. The van der Waals surface area contributed by atoms with E-state index in [2.05, 4.69) is 6.92 Å². The minimum atomic E-state index is -0.421. The fourth-order valence-corrected chi connectivity index (χ4v) is 3.72. The standard InChI is InChI=1S/C19H20F2O2S/c1-3-5-11-23-15-9-7-13-12-6-8-14(22-10-4-2)16(20)18(12)24-19(13)17(15)21/h6-9H,3-5,10-11H2,1-2H3. The molecule has 1 aromatic heterocycles. The smallest absolute Gasteiger partial charge is 0.182 e. The molecule has 0 amide bonds. The van der Waals surface area contributed by atoms with Gasteiger partial charge in [0.2, 0.25) is 0 Å². The lowest BCUT2D eigenvalue weighted by molar-refractivity contribution is 0.295. The van der Waals surface area contributed by atoms with Crippen LogP contribution in [0.3, 0.4) is 0 Å². The van der Waals surface area contributed by atoms with Gasteiger partial charge in [-0.25, -0.2) is 8.78 Å². The molecule has 0 atom stereocenters. The fraction of sp³-hybridized carbons (Fsp3) is 0.368. The summed E-state index contributed by atoms with van der Waals surface area (Å²) in [7, 11) is 0. The average Bonchev–Trinajstić information content (AvgIpc) is 2.97. The summed E-state index contributed by atoms with van der Waals surface area (Å²) < 4.78 is 41.1. The van der Waals surface area contributed by atoms with Gasteiger partial charge in [-0.05, 0) is 37.1 Å². The maximum absolute atomic E-state index is 14.7. The van der Waals surface area contributed by atoms with E-state index in [0.717, 1.165) is 30.6 Å².